The van der Waals surface area contributed by atoms with Crippen LogP contribution in [0.2, 0.25) is 0 Å². The first kappa shape index (κ1) is 15.0. The lowest BCUT2D eigenvalue weighted by Crippen LogP contribution is -2.65. The van der Waals surface area contributed by atoms with Crippen molar-refractivity contribution in [3.8, 4) is 0 Å². The van der Waals surface area contributed by atoms with Crippen molar-refractivity contribution in [3.63, 3.8) is 0 Å². The molecule has 1 aromatic carbocycles. The molecule has 118 valence electrons. The van der Waals surface area contributed by atoms with E-state index in [1.54, 1.807) is 0 Å². The van der Waals surface area contributed by atoms with Gasteiger partial charge in [-0.3, -0.25) is 9.59 Å². The molecule has 2 fully saturated rings. The molecule has 3 atom stereocenters. The molecule has 1 aliphatic carbocycles. The summed E-state index contributed by atoms with van der Waals surface area (Å²) in [6.07, 6.45) is 4.39. The number of anilines is 1. The predicted molar refractivity (Wildman–Crippen MR) is 80.8 cm³/mol. The second-order valence-electron chi connectivity index (χ2n) is 5.98. The molecule has 0 radical (unpaired) electrons. The Morgan fingerprint density at radius 2 is 1.86 bits per heavy atom. The third kappa shape index (κ3) is 3.44. The maximum Gasteiger partial charge on any atom is 0.237 e. The van der Waals surface area contributed by atoms with Crippen LogP contribution in [0.25, 0.3) is 0 Å². The van der Waals surface area contributed by atoms with Crippen molar-refractivity contribution >= 4 is 17.5 Å². The Kier molecular flexibility index (Phi) is 4.38. The van der Waals surface area contributed by atoms with Crippen molar-refractivity contribution in [2.45, 2.75) is 50.2 Å². The fraction of sp³-hybridized carbons (Fsp3) is 0.500. The summed E-state index contributed by atoms with van der Waals surface area (Å²) in [7, 11) is 0. The summed E-state index contributed by atoms with van der Waals surface area (Å²) in [5.74, 6) is -0.722. The molecule has 3 rings (SSSR count). The van der Waals surface area contributed by atoms with Crippen LogP contribution in [0.5, 0.6) is 0 Å². The highest BCUT2D eigenvalue weighted by molar-refractivity contribution is 5.95. The third-order valence-corrected chi connectivity index (χ3v) is 4.34. The molecule has 22 heavy (non-hydrogen) atoms. The number of fused-ring (bicyclic) bond motifs is 1. The molecule has 1 aliphatic heterocycles. The molecule has 3 N–H and O–H groups in total. The van der Waals surface area contributed by atoms with Gasteiger partial charge >= 0.3 is 0 Å². The SMILES string of the molecule is O=C(C[C@@H]1N[C@H]2CCCC[C@H]2NC1=O)Nc1ccc(F)cc1. The number of benzene rings is 1. The summed E-state index contributed by atoms with van der Waals surface area (Å²) in [6.45, 7) is 0. The van der Waals surface area contributed by atoms with Gasteiger partial charge in [-0.1, -0.05) is 12.8 Å². The molecule has 1 saturated carbocycles. The van der Waals surface area contributed by atoms with Crippen molar-refractivity contribution in [2.75, 3.05) is 5.32 Å². The summed E-state index contributed by atoms with van der Waals surface area (Å²) >= 11 is 0. The Morgan fingerprint density at radius 3 is 2.59 bits per heavy atom. The number of hydrogen-bond acceptors (Lipinski definition) is 3. The standard InChI is InChI=1S/C16H20FN3O2/c17-10-5-7-11(8-6-10)18-15(21)9-14-16(22)20-13-4-2-1-3-12(13)19-14/h5-8,12-14,19H,1-4,9H2,(H,18,21)(H,20,22)/t12-,13+,14-/m0/s1. The van der Waals surface area contributed by atoms with Crippen LogP contribution >= 0.6 is 0 Å². The number of amides is 2. The van der Waals surface area contributed by atoms with Crippen LogP contribution in [0.3, 0.4) is 0 Å². The zero-order valence-electron chi connectivity index (χ0n) is 12.3. The van der Waals surface area contributed by atoms with E-state index in [-0.39, 0.29) is 36.1 Å². The largest absolute Gasteiger partial charge is 0.350 e. The summed E-state index contributed by atoms with van der Waals surface area (Å²) in [5, 5.41) is 9.00. The summed E-state index contributed by atoms with van der Waals surface area (Å²) in [5.41, 5.74) is 0.526. The average molecular weight is 305 g/mol. The molecular weight excluding hydrogens is 285 g/mol. The van der Waals surface area contributed by atoms with Crippen LogP contribution in [0.15, 0.2) is 24.3 Å². The van der Waals surface area contributed by atoms with E-state index in [1.165, 1.54) is 24.3 Å². The maximum absolute atomic E-state index is 12.8. The van der Waals surface area contributed by atoms with Crippen LogP contribution in [0, 0.1) is 5.82 Å². The Labute approximate surface area is 128 Å². The molecule has 0 spiro atoms. The Balaban J connectivity index is 1.56. The molecule has 2 amide bonds. The zero-order valence-corrected chi connectivity index (χ0v) is 12.3. The van der Waals surface area contributed by atoms with Crippen LogP contribution in [0.1, 0.15) is 32.1 Å². The quantitative estimate of drug-likeness (QED) is 0.793. The fourth-order valence-corrected chi connectivity index (χ4v) is 3.20. The second kappa shape index (κ2) is 6.44. The van der Waals surface area contributed by atoms with Crippen molar-refractivity contribution in [1.29, 1.82) is 0 Å². The van der Waals surface area contributed by atoms with Crippen molar-refractivity contribution < 1.29 is 14.0 Å². The van der Waals surface area contributed by atoms with E-state index in [4.69, 9.17) is 0 Å². The first-order valence-electron chi connectivity index (χ1n) is 7.73. The van der Waals surface area contributed by atoms with Gasteiger partial charge in [-0.2, -0.15) is 0 Å². The van der Waals surface area contributed by atoms with Gasteiger partial charge in [-0.25, -0.2) is 4.39 Å². The topological polar surface area (TPSA) is 70.2 Å². The molecule has 0 unspecified atom stereocenters. The monoisotopic (exact) mass is 305 g/mol. The number of hydrogen-bond donors (Lipinski definition) is 3. The normalized spacial score (nSPS) is 27.7. The number of carbonyl (C=O) groups is 2. The lowest BCUT2D eigenvalue weighted by atomic mass is 9.87. The van der Waals surface area contributed by atoms with E-state index in [0.717, 1.165) is 25.7 Å². The first-order chi connectivity index (χ1) is 10.6. The predicted octanol–water partition coefficient (Wildman–Crippen LogP) is 1.55. The number of halogens is 1. The molecule has 5 nitrogen and oxygen atoms in total. The van der Waals surface area contributed by atoms with E-state index in [9.17, 15) is 14.0 Å². The molecule has 6 heteroatoms. The van der Waals surface area contributed by atoms with Gasteiger partial charge in [0.1, 0.15) is 5.82 Å². The fourth-order valence-electron chi connectivity index (χ4n) is 3.20. The molecule has 2 aliphatic rings. The van der Waals surface area contributed by atoms with Gasteiger partial charge in [0.2, 0.25) is 11.8 Å². The van der Waals surface area contributed by atoms with Gasteiger partial charge in [0.15, 0.2) is 0 Å². The van der Waals surface area contributed by atoms with Gasteiger partial charge in [-0.15, -0.1) is 0 Å². The number of rotatable bonds is 3. The van der Waals surface area contributed by atoms with Crippen LogP contribution in [-0.2, 0) is 9.59 Å². The minimum atomic E-state index is -0.500. The smallest absolute Gasteiger partial charge is 0.237 e. The molecular formula is C16H20FN3O2. The summed E-state index contributed by atoms with van der Waals surface area (Å²) in [4.78, 5) is 24.1. The molecule has 0 aromatic heterocycles. The zero-order chi connectivity index (χ0) is 15.5. The van der Waals surface area contributed by atoms with Crippen molar-refractivity contribution in [2.24, 2.45) is 0 Å². The number of carbonyl (C=O) groups excluding carboxylic acids is 2. The van der Waals surface area contributed by atoms with E-state index in [0.29, 0.717) is 5.69 Å². The average Bonchev–Trinajstić information content (AvgIpc) is 2.50. The number of nitrogens with one attached hydrogen (secondary N) is 3. The summed E-state index contributed by atoms with van der Waals surface area (Å²) < 4.78 is 12.8. The molecule has 1 aromatic rings. The number of piperazine rings is 1. The Hall–Kier alpha value is -1.95. The third-order valence-electron chi connectivity index (χ3n) is 4.34. The van der Waals surface area contributed by atoms with Crippen molar-refractivity contribution in [1.82, 2.24) is 10.6 Å². The van der Waals surface area contributed by atoms with E-state index < -0.39 is 6.04 Å². The van der Waals surface area contributed by atoms with Gasteiger partial charge in [0.05, 0.1) is 12.5 Å². The van der Waals surface area contributed by atoms with Crippen LogP contribution in [0.4, 0.5) is 10.1 Å². The maximum atomic E-state index is 12.8. The molecule has 1 saturated heterocycles. The highest BCUT2D eigenvalue weighted by Gasteiger charge is 2.36. The first-order valence-corrected chi connectivity index (χ1v) is 7.73. The van der Waals surface area contributed by atoms with Crippen molar-refractivity contribution in [3.05, 3.63) is 30.1 Å². The lowest BCUT2D eigenvalue weighted by Gasteiger charge is -2.40. The van der Waals surface area contributed by atoms with E-state index >= 15 is 0 Å². The summed E-state index contributed by atoms with van der Waals surface area (Å²) in [6, 6.07) is 5.52. The Bertz CT molecular complexity index is 561. The second-order valence-corrected chi connectivity index (χ2v) is 5.98. The van der Waals surface area contributed by atoms with Crippen LogP contribution < -0.4 is 16.0 Å². The molecule has 1 heterocycles. The highest BCUT2D eigenvalue weighted by Crippen LogP contribution is 2.22. The van der Waals surface area contributed by atoms with Crippen LogP contribution in [-0.4, -0.2) is 29.9 Å². The van der Waals surface area contributed by atoms with Gasteiger partial charge in [-0.05, 0) is 37.1 Å². The lowest BCUT2D eigenvalue weighted by molar-refractivity contribution is -0.129. The Morgan fingerprint density at radius 1 is 1.18 bits per heavy atom. The van der Waals surface area contributed by atoms with E-state index in [1.807, 2.05) is 0 Å². The molecule has 0 bridgehead atoms. The van der Waals surface area contributed by atoms with Gasteiger partial charge in [0.25, 0.3) is 0 Å². The van der Waals surface area contributed by atoms with Gasteiger partial charge < -0.3 is 16.0 Å². The van der Waals surface area contributed by atoms with Gasteiger partial charge in [0, 0.05) is 17.8 Å². The highest BCUT2D eigenvalue weighted by atomic mass is 19.1. The minimum Gasteiger partial charge on any atom is -0.350 e. The minimum absolute atomic E-state index is 0.0758. The van der Waals surface area contributed by atoms with E-state index in [2.05, 4.69) is 16.0 Å².